The van der Waals surface area contributed by atoms with Gasteiger partial charge in [-0.2, -0.15) is 0 Å². The molecule has 0 unspecified atom stereocenters. The zero-order chi connectivity index (χ0) is 11.9. The number of rotatable bonds is 3. The molecule has 0 aromatic heterocycles. The summed E-state index contributed by atoms with van der Waals surface area (Å²) in [5, 5.41) is 9.10. The second kappa shape index (κ2) is 3.90. The Kier molecular flexibility index (Phi) is 3.31. The van der Waals surface area contributed by atoms with Gasteiger partial charge < -0.3 is 9.53 Å². The van der Waals surface area contributed by atoms with Crippen molar-refractivity contribution >= 4 is 14.3 Å². The molecule has 0 amide bonds. The zero-order valence-corrected chi connectivity index (χ0v) is 11.3. The van der Waals surface area contributed by atoms with E-state index in [0.29, 0.717) is 0 Å². The number of aliphatic carboxylic acids is 1. The third-order valence-corrected chi connectivity index (χ3v) is 8.28. The highest BCUT2D eigenvalue weighted by Gasteiger charge is 2.45. The Hall–Kier alpha value is -0.353. The zero-order valence-electron chi connectivity index (χ0n) is 10.3. The highest BCUT2D eigenvalue weighted by Crippen LogP contribution is 2.41. The molecule has 0 saturated heterocycles. The Morgan fingerprint density at radius 3 is 2.13 bits per heavy atom. The Morgan fingerprint density at radius 2 is 1.87 bits per heavy atom. The number of carboxylic acids is 1. The van der Waals surface area contributed by atoms with Crippen LogP contribution in [0.4, 0.5) is 0 Å². The van der Waals surface area contributed by atoms with E-state index in [4.69, 9.17) is 9.53 Å². The largest absolute Gasteiger partial charge is 0.481 e. The van der Waals surface area contributed by atoms with Crippen LogP contribution >= 0.6 is 0 Å². The van der Waals surface area contributed by atoms with Crippen molar-refractivity contribution in [1.82, 2.24) is 0 Å². The Labute approximate surface area is 93.0 Å². The molecule has 88 valence electrons. The number of hydrogen-bond acceptors (Lipinski definition) is 2. The van der Waals surface area contributed by atoms with Gasteiger partial charge in [0.15, 0.2) is 8.32 Å². The van der Waals surface area contributed by atoms with E-state index in [1.807, 2.05) is 0 Å². The lowest BCUT2D eigenvalue weighted by Crippen LogP contribution is -2.50. The minimum absolute atomic E-state index is 0.0385. The van der Waals surface area contributed by atoms with E-state index in [0.717, 1.165) is 12.8 Å². The predicted octanol–water partition coefficient (Wildman–Crippen LogP) is 2.87. The second-order valence-electron chi connectivity index (χ2n) is 5.94. The average molecular weight is 230 g/mol. The normalized spacial score (nSPS) is 27.3. The van der Waals surface area contributed by atoms with Gasteiger partial charge in [0.2, 0.25) is 0 Å². The van der Waals surface area contributed by atoms with Gasteiger partial charge in [0.1, 0.15) is 0 Å². The first-order valence-electron chi connectivity index (χ1n) is 5.56. The smallest absolute Gasteiger partial charge is 0.309 e. The minimum Gasteiger partial charge on any atom is -0.481 e. The summed E-state index contributed by atoms with van der Waals surface area (Å²) >= 11 is 0. The Morgan fingerprint density at radius 1 is 1.33 bits per heavy atom. The fraction of sp³-hybridized carbons (Fsp3) is 0.909. The molecule has 4 heteroatoms. The van der Waals surface area contributed by atoms with Crippen LogP contribution in [0.3, 0.4) is 0 Å². The standard InChI is InChI=1S/C11H22O3Si/c1-11(2,3)15(4,5)14-9-7-6-8(9)10(12)13/h8-9H,6-7H2,1-5H3,(H,12,13)/t8-,9-/m1/s1. The van der Waals surface area contributed by atoms with Crippen LogP contribution in [0, 0.1) is 5.92 Å². The van der Waals surface area contributed by atoms with E-state index in [9.17, 15) is 4.79 Å². The molecule has 15 heavy (non-hydrogen) atoms. The summed E-state index contributed by atoms with van der Waals surface area (Å²) in [6.07, 6.45) is 1.64. The van der Waals surface area contributed by atoms with Crippen molar-refractivity contribution in [2.24, 2.45) is 5.92 Å². The molecule has 1 aliphatic rings. The first kappa shape index (κ1) is 12.7. The van der Waals surface area contributed by atoms with Gasteiger partial charge in [0, 0.05) is 0 Å². The van der Waals surface area contributed by atoms with Crippen molar-refractivity contribution in [1.29, 1.82) is 0 Å². The van der Waals surface area contributed by atoms with Gasteiger partial charge in [0.05, 0.1) is 12.0 Å². The van der Waals surface area contributed by atoms with Crippen molar-refractivity contribution in [2.75, 3.05) is 0 Å². The van der Waals surface area contributed by atoms with Crippen LogP contribution in [0.15, 0.2) is 0 Å². The summed E-state index contributed by atoms with van der Waals surface area (Å²) < 4.78 is 6.07. The molecule has 2 atom stereocenters. The molecular formula is C11H22O3Si. The van der Waals surface area contributed by atoms with Crippen LogP contribution < -0.4 is 0 Å². The number of carboxylic acid groups (broad SMARTS) is 1. The molecule has 0 aromatic carbocycles. The van der Waals surface area contributed by atoms with Crippen molar-refractivity contribution in [3.05, 3.63) is 0 Å². The van der Waals surface area contributed by atoms with Gasteiger partial charge in [0.25, 0.3) is 0 Å². The van der Waals surface area contributed by atoms with Crippen molar-refractivity contribution in [2.45, 2.75) is 57.8 Å². The van der Waals surface area contributed by atoms with Gasteiger partial charge in [-0.25, -0.2) is 0 Å². The summed E-state index contributed by atoms with van der Waals surface area (Å²) in [6.45, 7) is 10.9. The molecular weight excluding hydrogens is 208 g/mol. The van der Waals surface area contributed by atoms with E-state index in [-0.39, 0.29) is 17.1 Å². The molecule has 1 N–H and O–H groups in total. The molecule has 0 aromatic rings. The molecule has 1 fully saturated rings. The van der Waals surface area contributed by atoms with E-state index >= 15 is 0 Å². The maximum Gasteiger partial charge on any atom is 0.309 e. The summed E-state index contributed by atoms with van der Waals surface area (Å²) in [7, 11) is -1.79. The van der Waals surface area contributed by atoms with Crippen molar-refractivity contribution in [3.8, 4) is 0 Å². The molecule has 0 radical (unpaired) electrons. The monoisotopic (exact) mass is 230 g/mol. The van der Waals surface area contributed by atoms with Crippen LogP contribution in [0.2, 0.25) is 18.1 Å². The van der Waals surface area contributed by atoms with Crippen molar-refractivity contribution < 1.29 is 14.3 Å². The average Bonchev–Trinajstić information content (AvgIpc) is 1.94. The predicted molar refractivity (Wildman–Crippen MR) is 62.4 cm³/mol. The second-order valence-corrected chi connectivity index (χ2v) is 10.7. The minimum atomic E-state index is -1.79. The van der Waals surface area contributed by atoms with Gasteiger partial charge in [-0.05, 0) is 31.0 Å². The first-order valence-corrected chi connectivity index (χ1v) is 8.46. The molecule has 0 spiro atoms. The number of hydrogen-bond donors (Lipinski definition) is 1. The van der Waals surface area contributed by atoms with E-state index in [1.165, 1.54) is 0 Å². The summed E-state index contributed by atoms with van der Waals surface area (Å²) in [5.41, 5.74) is 0. The van der Waals surface area contributed by atoms with Gasteiger partial charge in [-0.1, -0.05) is 20.8 Å². The molecule has 3 nitrogen and oxygen atoms in total. The van der Waals surface area contributed by atoms with Gasteiger partial charge >= 0.3 is 5.97 Å². The van der Waals surface area contributed by atoms with E-state index in [1.54, 1.807) is 0 Å². The summed E-state index contributed by atoms with van der Waals surface area (Å²) in [6, 6.07) is 0. The molecule has 0 heterocycles. The molecule has 1 rings (SSSR count). The highest BCUT2D eigenvalue weighted by molar-refractivity contribution is 6.74. The SMILES string of the molecule is CC(C)(C)[Si](C)(C)O[C@@H]1CC[C@H]1C(=O)O. The van der Waals surface area contributed by atoms with Crippen LogP contribution in [0.5, 0.6) is 0 Å². The van der Waals surface area contributed by atoms with Gasteiger partial charge in [-0.3, -0.25) is 4.79 Å². The Balaban J connectivity index is 2.59. The topological polar surface area (TPSA) is 46.5 Å². The fourth-order valence-electron chi connectivity index (χ4n) is 1.45. The molecule has 0 aliphatic heterocycles. The Bertz CT molecular complexity index is 255. The van der Waals surface area contributed by atoms with Gasteiger partial charge in [-0.15, -0.1) is 0 Å². The van der Waals surface area contributed by atoms with E-state index in [2.05, 4.69) is 33.9 Å². The third-order valence-electron chi connectivity index (χ3n) is 3.78. The fourth-order valence-corrected chi connectivity index (χ4v) is 2.84. The molecule has 0 bridgehead atoms. The van der Waals surface area contributed by atoms with E-state index < -0.39 is 14.3 Å². The third kappa shape index (κ3) is 2.61. The lowest BCUT2D eigenvalue weighted by Gasteiger charge is -2.44. The van der Waals surface area contributed by atoms with Crippen LogP contribution in [0.1, 0.15) is 33.6 Å². The van der Waals surface area contributed by atoms with Crippen LogP contribution in [-0.2, 0) is 9.22 Å². The maximum absolute atomic E-state index is 10.9. The lowest BCUT2D eigenvalue weighted by molar-refractivity contribution is -0.150. The summed E-state index contributed by atoms with van der Waals surface area (Å²) in [5.74, 6) is -0.968. The molecule has 1 saturated carbocycles. The van der Waals surface area contributed by atoms with Crippen LogP contribution in [-0.4, -0.2) is 25.5 Å². The number of carbonyl (C=O) groups is 1. The maximum atomic E-state index is 10.9. The lowest BCUT2D eigenvalue weighted by atomic mass is 9.82. The van der Waals surface area contributed by atoms with Crippen molar-refractivity contribution in [3.63, 3.8) is 0 Å². The van der Waals surface area contributed by atoms with Crippen LogP contribution in [0.25, 0.3) is 0 Å². The molecule has 1 aliphatic carbocycles. The summed E-state index contributed by atoms with van der Waals surface area (Å²) in [4.78, 5) is 10.9. The first-order chi connectivity index (χ1) is 6.65. The quantitative estimate of drug-likeness (QED) is 0.758. The highest BCUT2D eigenvalue weighted by atomic mass is 28.4.